The molecule has 4 nitrogen and oxygen atoms in total. The van der Waals surface area contributed by atoms with E-state index in [1.165, 1.54) is 23.3 Å². The predicted octanol–water partition coefficient (Wildman–Crippen LogP) is 3.95. The zero-order chi connectivity index (χ0) is 19.7. The molecule has 6 heteroatoms. The third kappa shape index (κ3) is 4.61. The molecule has 2 aliphatic carbocycles. The summed E-state index contributed by atoms with van der Waals surface area (Å²) in [7, 11) is 2.02. The molecule has 3 rings (SSSR count). The third-order valence-electron chi connectivity index (χ3n) is 5.53. The van der Waals surface area contributed by atoms with Crippen LogP contribution in [0.15, 0.2) is 24.4 Å². The van der Waals surface area contributed by atoms with Crippen molar-refractivity contribution in [2.24, 2.45) is 5.92 Å². The molecule has 0 saturated heterocycles. The van der Waals surface area contributed by atoms with Gasteiger partial charge in [0.1, 0.15) is 0 Å². The first-order valence-corrected chi connectivity index (χ1v) is 10.8. The van der Waals surface area contributed by atoms with Gasteiger partial charge in [-0.25, -0.2) is 0 Å². The lowest BCUT2D eigenvalue weighted by Crippen LogP contribution is -2.45. The summed E-state index contributed by atoms with van der Waals surface area (Å²) in [6, 6.07) is 0.277. The van der Waals surface area contributed by atoms with Crippen LogP contribution in [0.1, 0.15) is 51.9 Å². The number of allylic oxidation sites excluding steroid dienone is 1. The van der Waals surface area contributed by atoms with Crippen molar-refractivity contribution in [3.8, 4) is 0 Å². The van der Waals surface area contributed by atoms with E-state index < -0.39 is 0 Å². The molecular weight excluding hydrogens is 374 g/mol. The molecule has 0 aliphatic heterocycles. The lowest BCUT2D eigenvalue weighted by molar-refractivity contribution is 0.0950. The largest absolute Gasteiger partial charge is 0.352 e. The summed E-state index contributed by atoms with van der Waals surface area (Å²) in [5.74, 6) is 0.782. The van der Waals surface area contributed by atoms with Crippen LogP contribution in [0.2, 0.25) is 0 Å². The number of likely N-dealkylation sites (N-methyl/N-ethyl adjacent to an activating group) is 1. The summed E-state index contributed by atoms with van der Waals surface area (Å²) in [6.07, 6.45) is 5.37. The van der Waals surface area contributed by atoms with E-state index in [-0.39, 0.29) is 11.9 Å². The Morgan fingerprint density at radius 1 is 1.33 bits per heavy atom. The Morgan fingerprint density at radius 3 is 2.67 bits per heavy atom. The summed E-state index contributed by atoms with van der Waals surface area (Å²) in [5, 5.41) is 6.96. The first kappa shape index (κ1) is 20.1. The van der Waals surface area contributed by atoms with Crippen LogP contribution in [0.4, 0.5) is 0 Å². The Morgan fingerprint density at radius 2 is 2.04 bits per heavy atom. The minimum absolute atomic E-state index is 0.0940. The van der Waals surface area contributed by atoms with Gasteiger partial charge in [-0.2, -0.15) is 0 Å². The molecule has 0 radical (unpaired) electrons. The van der Waals surface area contributed by atoms with E-state index in [1.807, 2.05) is 14.0 Å². The fourth-order valence-electron chi connectivity index (χ4n) is 3.47. The maximum absolute atomic E-state index is 12.8. The Bertz CT molecular complexity index is 792. The second kappa shape index (κ2) is 8.15. The number of thiophene rings is 1. The molecule has 1 fully saturated rings. The van der Waals surface area contributed by atoms with E-state index in [0.29, 0.717) is 11.0 Å². The van der Waals surface area contributed by atoms with Crippen molar-refractivity contribution in [2.45, 2.75) is 52.0 Å². The zero-order valence-electron chi connectivity index (χ0n) is 16.5. The van der Waals surface area contributed by atoms with Gasteiger partial charge in [-0.05, 0) is 75.2 Å². The van der Waals surface area contributed by atoms with Crippen LogP contribution in [0.5, 0.6) is 0 Å². The van der Waals surface area contributed by atoms with E-state index in [2.05, 4.69) is 35.6 Å². The monoisotopic (exact) mass is 403 g/mol. The highest BCUT2D eigenvalue weighted by atomic mass is 32.1. The highest BCUT2D eigenvalue weighted by Crippen LogP contribution is 2.35. The van der Waals surface area contributed by atoms with Crippen molar-refractivity contribution < 1.29 is 4.79 Å². The maximum atomic E-state index is 12.8. The minimum Gasteiger partial charge on any atom is -0.352 e. The van der Waals surface area contributed by atoms with Crippen LogP contribution in [-0.2, 0) is 12.8 Å². The second-order valence-corrected chi connectivity index (χ2v) is 9.48. The van der Waals surface area contributed by atoms with Crippen molar-refractivity contribution in [3.63, 3.8) is 0 Å². The van der Waals surface area contributed by atoms with Gasteiger partial charge < -0.3 is 15.5 Å². The molecule has 0 aromatic carbocycles. The van der Waals surface area contributed by atoms with Crippen molar-refractivity contribution >= 4 is 34.6 Å². The van der Waals surface area contributed by atoms with Crippen LogP contribution in [-0.4, -0.2) is 35.6 Å². The van der Waals surface area contributed by atoms with Gasteiger partial charge in [0, 0.05) is 35.1 Å². The second-order valence-electron chi connectivity index (χ2n) is 7.78. The molecule has 1 unspecified atom stereocenters. The Hall–Kier alpha value is -1.66. The lowest BCUT2D eigenvalue weighted by Gasteiger charge is -2.34. The number of nitrogens with one attached hydrogen (secondary N) is 2. The molecular formula is C21H29N3OS2. The molecule has 146 valence electrons. The number of rotatable bonds is 6. The first-order valence-electron chi connectivity index (χ1n) is 9.55. The number of amides is 1. The number of carbonyl (C=O) groups excluding carboxylic acids is 1. The van der Waals surface area contributed by atoms with E-state index >= 15 is 0 Å². The summed E-state index contributed by atoms with van der Waals surface area (Å²) in [5.41, 5.74) is 3.74. The van der Waals surface area contributed by atoms with Crippen LogP contribution in [0.25, 0.3) is 0 Å². The molecule has 0 spiro atoms. The molecule has 1 amide bonds. The van der Waals surface area contributed by atoms with Crippen molar-refractivity contribution in [1.82, 2.24) is 15.5 Å². The van der Waals surface area contributed by atoms with Crippen LogP contribution >= 0.6 is 23.6 Å². The standard InChI is InChI=1S/C21H29N3OS2/c1-12(2)13(3)23-21(26)24(5)16-8-9-18-17(10-16)19(14(4)27-18)20(25)22-11-15-6-7-15/h15-16H,1,3,6-11H2,2,4-5H3,(H,22,25)(H,23,26). The van der Waals surface area contributed by atoms with E-state index in [1.54, 1.807) is 11.3 Å². The number of thiocarbonyl (C=S) groups is 1. The fraction of sp³-hybridized carbons (Fsp3) is 0.524. The highest BCUT2D eigenvalue weighted by molar-refractivity contribution is 7.80. The van der Waals surface area contributed by atoms with Gasteiger partial charge >= 0.3 is 0 Å². The van der Waals surface area contributed by atoms with Crippen LogP contribution in [0.3, 0.4) is 0 Å². The SMILES string of the molecule is C=C(C)C(=C)NC(=S)N(C)C1CCc2sc(C)c(C(=O)NCC3CC3)c2C1. The summed E-state index contributed by atoms with van der Waals surface area (Å²) >= 11 is 7.33. The summed E-state index contributed by atoms with van der Waals surface area (Å²) in [4.78, 5) is 17.4. The van der Waals surface area contributed by atoms with Crippen LogP contribution < -0.4 is 10.6 Å². The molecule has 2 N–H and O–H groups in total. The van der Waals surface area contributed by atoms with Gasteiger partial charge in [-0.1, -0.05) is 13.2 Å². The average molecular weight is 404 g/mol. The molecule has 2 aliphatic rings. The molecule has 1 aromatic heterocycles. The number of aryl methyl sites for hydroxylation is 2. The predicted molar refractivity (Wildman–Crippen MR) is 117 cm³/mol. The molecule has 1 atom stereocenters. The van der Waals surface area contributed by atoms with Gasteiger partial charge in [0.05, 0.1) is 5.56 Å². The molecule has 27 heavy (non-hydrogen) atoms. The number of hydrogen-bond donors (Lipinski definition) is 2. The quantitative estimate of drug-likeness (QED) is 0.558. The third-order valence-corrected chi connectivity index (χ3v) is 7.12. The number of nitrogens with zero attached hydrogens (tertiary/aromatic N) is 1. The fourth-order valence-corrected chi connectivity index (χ4v) is 4.96. The van der Waals surface area contributed by atoms with Gasteiger partial charge in [0.2, 0.25) is 0 Å². The Labute approximate surface area is 171 Å². The average Bonchev–Trinajstić information content (AvgIpc) is 3.39. The number of carbonyl (C=O) groups is 1. The van der Waals surface area contributed by atoms with E-state index in [4.69, 9.17) is 12.2 Å². The van der Waals surface area contributed by atoms with Crippen molar-refractivity contribution in [3.05, 3.63) is 45.3 Å². The molecule has 1 saturated carbocycles. The topological polar surface area (TPSA) is 44.4 Å². The summed E-state index contributed by atoms with van der Waals surface area (Å²) in [6.45, 7) is 12.6. The molecule has 1 heterocycles. The minimum atomic E-state index is 0.0940. The Kier molecular flexibility index (Phi) is 6.06. The van der Waals surface area contributed by atoms with Crippen LogP contribution in [0, 0.1) is 12.8 Å². The molecule has 1 aromatic rings. The van der Waals surface area contributed by atoms with Crippen molar-refractivity contribution in [2.75, 3.05) is 13.6 Å². The van der Waals surface area contributed by atoms with E-state index in [9.17, 15) is 4.79 Å². The van der Waals surface area contributed by atoms with E-state index in [0.717, 1.165) is 47.5 Å². The van der Waals surface area contributed by atoms with Gasteiger partial charge in [0.25, 0.3) is 5.91 Å². The lowest BCUT2D eigenvalue weighted by atomic mass is 9.90. The molecule has 0 bridgehead atoms. The normalized spacial score (nSPS) is 18.4. The number of hydrogen-bond acceptors (Lipinski definition) is 3. The smallest absolute Gasteiger partial charge is 0.252 e. The highest BCUT2D eigenvalue weighted by Gasteiger charge is 2.31. The zero-order valence-corrected chi connectivity index (χ0v) is 18.1. The number of fused-ring (bicyclic) bond motifs is 1. The van der Waals surface area contributed by atoms with Gasteiger partial charge in [0.15, 0.2) is 5.11 Å². The first-order chi connectivity index (χ1) is 12.8. The summed E-state index contributed by atoms with van der Waals surface area (Å²) < 4.78 is 0. The maximum Gasteiger partial charge on any atom is 0.252 e. The van der Waals surface area contributed by atoms with Crippen molar-refractivity contribution in [1.29, 1.82) is 0 Å². The Balaban J connectivity index is 1.70. The van der Waals surface area contributed by atoms with Gasteiger partial charge in [-0.3, -0.25) is 4.79 Å². The van der Waals surface area contributed by atoms with Gasteiger partial charge in [-0.15, -0.1) is 11.3 Å².